The second kappa shape index (κ2) is 10.6. The quantitative estimate of drug-likeness (QED) is 0.489. The zero-order valence-corrected chi connectivity index (χ0v) is 17.4. The van der Waals surface area contributed by atoms with Crippen molar-refractivity contribution >= 4 is 12.0 Å². The van der Waals surface area contributed by atoms with Crippen molar-refractivity contribution in [2.75, 3.05) is 32.1 Å². The number of aldehydes is 1. The summed E-state index contributed by atoms with van der Waals surface area (Å²) < 4.78 is 11.2. The molecule has 1 unspecified atom stereocenters. The minimum atomic E-state index is -0.694. The fourth-order valence-corrected chi connectivity index (χ4v) is 3.19. The summed E-state index contributed by atoms with van der Waals surface area (Å²) in [4.78, 5) is 15.1. The average Bonchev–Trinajstić information content (AvgIpc) is 3.26. The largest absolute Gasteiger partial charge is 0.491 e. The molecule has 1 aromatic heterocycles. The summed E-state index contributed by atoms with van der Waals surface area (Å²) in [6.45, 7) is 1.81. The van der Waals surface area contributed by atoms with E-state index in [1.165, 1.54) is 0 Å². The molecule has 2 aromatic carbocycles. The molecule has 0 saturated carbocycles. The van der Waals surface area contributed by atoms with Crippen molar-refractivity contribution in [2.24, 2.45) is 0 Å². The van der Waals surface area contributed by atoms with Crippen LogP contribution >= 0.6 is 0 Å². The molecule has 0 aliphatic carbocycles. The van der Waals surface area contributed by atoms with E-state index in [-0.39, 0.29) is 6.61 Å². The summed E-state index contributed by atoms with van der Waals surface area (Å²) in [6.07, 6.45) is 1.73. The molecule has 6 nitrogen and oxygen atoms in total. The van der Waals surface area contributed by atoms with Crippen LogP contribution in [0.15, 0.2) is 71.3 Å². The van der Waals surface area contributed by atoms with Gasteiger partial charge < -0.3 is 19.2 Å². The first kappa shape index (κ1) is 21.6. The molecule has 1 heterocycles. The second-order valence-electron chi connectivity index (χ2n) is 7.47. The van der Waals surface area contributed by atoms with E-state index in [1.54, 1.807) is 30.5 Å². The smallest absolute Gasteiger partial charge is 0.150 e. The summed E-state index contributed by atoms with van der Waals surface area (Å²) in [6, 6.07) is 19.0. The summed E-state index contributed by atoms with van der Waals surface area (Å²) >= 11 is 0. The van der Waals surface area contributed by atoms with E-state index in [0.29, 0.717) is 30.9 Å². The number of carbonyl (C=O) groups excluding carboxylic acids is 1. The van der Waals surface area contributed by atoms with Crippen molar-refractivity contribution in [3.05, 3.63) is 83.8 Å². The Morgan fingerprint density at radius 1 is 1.07 bits per heavy atom. The molecule has 3 rings (SSSR count). The molecule has 0 aliphatic rings. The summed E-state index contributed by atoms with van der Waals surface area (Å²) in [5.41, 5.74) is 2.84. The van der Waals surface area contributed by atoms with Gasteiger partial charge in [-0.05, 0) is 42.0 Å². The van der Waals surface area contributed by atoms with Crippen LogP contribution in [0.3, 0.4) is 0 Å². The van der Waals surface area contributed by atoms with Crippen LogP contribution in [0, 0.1) is 0 Å². The van der Waals surface area contributed by atoms with Crippen molar-refractivity contribution in [3.63, 3.8) is 0 Å². The number of hydrogen-bond donors (Lipinski definition) is 1. The molecule has 0 amide bonds. The molecule has 6 heteroatoms. The van der Waals surface area contributed by atoms with Crippen molar-refractivity contribution in [3.8, 4) is 5.75 Å². The van der Waals surface area contributed by atoms with Crippen LogP contribution in [-0.4, -0.2) is 49.6 Å². The van der Waals surface area contributed by atoms with Crippen molar-refractivity contribution in [1.29, 1.82) is 0 Å². The van der Waals surface area contributed by atoms with Gasteiger partial charge in [-0.2, -0.15) is 0 Å². The molecule has 0 bridgehead atoms. The van der Waals surface area contributed by atoms with Gasteiger partial charge >= 0.3 is 0 Å². The lowest BCUT2D eigenvalue weighted by molar-refractivity contribution is 0.0604. The number of aliphatic hydroxyl groups excluding tert-OH is 1. The van der Waals surface area contributed by atoms with Gasteiger partial charge in [-0.3, -0.25) is 9.69 Å². The van der Waals surface area contributed by atoms with Gasteiger partial charge in [-0.15, -0.1) is 0 Å². The predicted octanol–water partition coefficient (Wildman–Crippen LogP) is 3.60. The molecular formula is C24H28N2O4. The Labute approximate surface area is 177 Å². The standard InChI is InChI=1S/C24H28N2O4/c1-25(2)21-10-8-19(9-11-21)14-26(16-24-7-4-12-29-24)15-22(28)18-30-23-6-3-5-20(13-23)17-27/h3-13,17,22,28H,14-16,18H2,1-2H3. The highest BCUT2D eigenvalue weighted by atomic mass is 16.5. The summed E-state index contributed by atoms with van der Waals surface area (Å²) in [5.74, 6) is 1.40. The van der Waals surface area contributed by atoms with Gasteiger partial charge in [0.2, 0.25) is 0 Å². The third-order valence-electron chi connectivity index (χ3n) is 4.72. The topological polar surface area (TPSA) is 66.2 Å². The lowest BCUT2D eigenvalue weighted by Gasteiger charge is -2.25. The molecule has 3 aromatic rings. The maximum Gasteiger partial charge on any atom is 0.150 e. The van der Waals surface area contributed by atoms with E-state index in [4.69, 9.17) is 9.15 Å². The van der Waals surface area contributed by atoms with Gasteiger partial charge in [0.1, 0.15) is 30.5 Å². The van der Waals surface area contributed by atoms with Crippen LogP contribution in [0.5, 0.6) is 5.75 Å². The molecule has 0 radical (unpaired) electrons. The molecule has 0 aliphatic heterocycles. The molecule has 1 atom stereocenters. The van der Waals surface area contributed by atoms with Crippen molar-refractivity contribution in [2.45, 2.75) is 19.2 Å². The third kappa shape index (κ3) is 6.47. The van der Waals surface area contributed by atoms with Gasteiger partial charge in [-0.25, -0.2) is 0 Å². The van der Waals surface area contributed by atoms with Gasteiger partial charge in [0.25, 0.3) is 0 Å². The number of aliphatic hydroxyl groups is 1. The third-order valence-corrected chi connectivity index (χ3v) is 4.72. The predicted molar refractivity (Wildman–Crippen MR) is 117 cm³/mol. The van der Waals surface area contributed by atoms with Crippen molar-refractivity contribution < 1.29 is 19.1 Å². The van der Waals surface area contributed by atoms with Crippen LogP contribution in [0.25, 0.3) is 0 Å². The zero-order valence-electron chi connectivity index (χ0n) is 17.4. The molecule has 1 N–H and O–H groups in total. The first-order valence-electron chi connectivity index (χ1n) is 9.90. The molecule has 0 fully saturated rings. The molecule has 158 valence electrons. The first-order valence-corrected chi connectivity index (χ1v) is 9.90. The maximum absolute atomic E-state index is 10.9. The Hall–Kier alpha value is -3.09. The SMILES string of the molecule is CN(C)c1ccc(CN(Cc2ccco2)CC(O)COc2cccc(C=O)c2)cc1. The fourth-order valence-electron chi connectivity index (χ4n) is 3.19. The molecular weight excluding hydrogens is 380 g/mol. The Morgan fingerprint density at radius 2 is 1.87 bits per heavy atom. The Morgan fingerprint density at radius 3 is 2.53 bits per heavy atom. The number of ether oxygens (including phenoxy) is 1. The minimum absolute atomic E-state index is 0.135. The van der Waals surface area contributed by atoms with E-state index in [2.05, 4.69) is 34.1 Å². The monoisotopic (exact) mass is 408 g/mol. The van der Waals surface area contributed by atoms with Crippen molar-refractivity contribution in [1.82, 2.24) is 4.90 Å². The zero-order chi connectivity index (χ0) is 21.3. The Bertz CT molecular complexity index is 907. The lowest BCUT2D eigenvalue weighted by Crippen LogP contribution is -2.35. The van der Waals surface area contributed by atoms with Crippen LogP contribution in [0.4, 0.5) is 5.69 Å². The number of nitrogens with zero attached hydrogens (tertiary/aromatic N) is 2. The highest BCUT2D eigenvalue weighted by molar-refractivity contribution is 5.75. The molecule has 0 saturated heterocycles. The van der Waals surface area contributed by atoms with Gasteiger partial charge in [0, 0.05) is 38.4 Å². The highest BCUT2D eigenvalue weighted by Gasteiger charge is 2.15. The number of furan rings is 1. The minimum Gasteiger partial charge on any atom is -0.491 e. The normalized spacial score (nSPS) is 12.0. The molecule has 0 spiro atoms. The van der Waals surface area contributed by atoms with Crippen LogP contribution in [0.2, 0.25) is 0 Å². The number of hydrogen-bond acceptors (Lipinski definition) is 6. The van der Waals surface area contributed by atoms with Crippen LogP contribution < -0.4 is 9.64 Å². The highest BCUT2D eigenvalue weighted by Crippen LogP contribution is 2.17. The fraction of sp³-hybridized carbons (Fsp3) is 0.292. The molecule has 30 heavy (non-hydrogen) atoms. The van der Waals surface area contributed by atoms with Gasteiger partial charge in [0.15, 0.2) is 0 Å². The first-order chi connectivity index (χ1) is 14.5. The van der Waals surface area contributed by atoms with Gasteiger partial charge in [-0.1, -0.05) is 24.3 Å². The second-order valence-corrected chi connectivity index (χ2v) is 7.47. The van der Waals surface area contributed by atoms with Gasteiger partial charge in [0.05, 0.1) is 12.8 Å². The lowest BCUT2D eigenvalue weighted by atomic mass is 10.1. The summed E-state index contributed by atoms with van der Waals surface area (Å²) in [5, 5.41) is 10.6. The number of rotatable bonds is 11. The van der Waals surface area contributed by atoms with Crippen LogP contribution in [0.1, 0.15) is 21.7 Å². The van der Waals surface area contributed by atoms with E-state index < -0.39 is 6.10 Å². The number of anilines is 1. The van der Waals surface area contributed by atoms with E-state index in [1.807, 2.05) is 26.2 Å². The van der Waals surface area contributed by atoms with Crippen LogP contribution in [-0.2, 0) is 13.1 Å². The van der Waals surface area contributed by atoms with E-state index in [9.17, 15) is 9.90 Å². The van der Waals surface area contributed by atoms with E-state index in [0.717, 1.165) is 23.3 Å². The number of carbonyl (C=O) groups is 1. The Balaban J connectivity index is 1.61. The Kier molecular flexibility index (Phi) is 7.65. The van der Waals surface area contributed by atoms with E-state index >= 15 is 0 Å². The maximum atomic E-state index is 10.9. The summed E-state index contributed by atoms with van der Waals surface area (Å²) in [7, 11) is 4.03. The number of benzene rings is 2. The average molecular weight is 408 g/mol.